The molecule has 0 aliphatic rings. The molecule has 3 N–H and O–H groups in total. The molecule has 0 aliphatic heterocycles. The average molecular weight is 241 g/mol. The maximum absolute atomic E-state index is 11.0. The lowest BCUT2D eigenvalue weighted by molar-refractivity contribution is 0.540. The van der Waals surface area contributed by atoms with Gasteiger partial charge in [0, 0.05) is 12.8 Å². The van der Waals surface area contributed by atoms with E-state index in [1.807, 2.05) is 6.07 Å². The molecule has 0 amide bonds. The number of rotatable bonds is 5. The highest BCUT2D eigenvalue weighted by Gasteiger charge is 2.16. The summed E-state index contributed by atoms with van der Waals surface area (Å²) in [7, 11) is 1.66. The minimum absolute atomic E-state index is 0.219. The van der Waals surface area contributed by atoms with E-state index in [2.05, 4.69) is 10.2 Å². The molecule has 1 atom stereocenters. The Balaban J connectivity index is 2.35. The van der Waals surface area contributed by atoms with Crippen LogP contribution in [0.25, 0.3) is 0 Å². The molecule has 0 aliphatic carbocycles. The van der Waals surface area contributed by atoms with E-state index in [0.717, 1.165) is 12.2 Å². The first-order valence-electron chi connectivity index (χ1n) is 4.90. The maximum atomic E-state index is 11.0. The van der Waals surface area contributed by atoms with Crippen LogP contribution < -0.4 is 11.4 Å². The van der Waals surface area contributed by atoms with E-state index in [1.54, 1.807) is 14.0 Å². The summed E-state index contributed by atoms with van der Waals surface area (Å²) < 4.78 is 1.45. The van der Waals surface area contributed by atoms with Crippen molar-refractivity contribution in [2.24, 2.45) is 12.8 Å². The number of H-pyrrole nitrogens is 1. The third-order valence-corrected chi connectivity index (χ3v) is 3.28. The molecule has 1 aromatic rings. The molecular weight excluding hydrogens is 226 g/mol. The second-order valence-electron chi connectivity index (χ2n) is 3.85. The normalized spacial score (nSPS) is 14.4. The van der Waals surface area contributed by atoms with Crippen LogP contribution in [0.4, 0.5) is 0 Å². The van der Waals surface area contributed by atoms with E-state index in [1.165, 1.54) is 16.3 Å². The quantitative estimate of drug-likeness (QED) is 0.567. The summed E-state index contributed by atoms with van der Waals surface area (Å²) in [6.07, 6.45) is 1.45. The molecule has 1 rings (SSSR count). The van der Waals surface area contributed by atoms with Gasteiger partial charge in [0.25, 0.3) is 0 Å². The number of nitrogens with zero attached hydrogens (tertiary/aromatic N) is 3. The largest absolute Gasteiger partial charge is 0.343 e. The first-order valence-corrected chi connectivity index (χ1v) is 5.89. The standard InChI is InChI=1S/C9H15N5OS/c1-9(11,6-10)4-3-5-16-8-13-12-7(15)14(8)2/h3-5,11H2,1-2H3,(H,12,15). The summed E-state index contributed by atoms with van der Waals surface area (Å²) in [5.41, 5.74) is 4.70. The fraction of sp³-hybridized carbons (Fsp3) is 0.667. The Morgan fingerprint density at radius 1 is 1.75 bits per heavy atom. The number of nitrogens with one attached hydrogen (secondary N) is 1. The van der Waals surface area contributed by atoms with Gasteiger partial charge in [0.05, 0.1) is 6.07 Å². The minimum Gasteiger partial charge on any atom is -0.314 e. The lowest BCUT2D eigenvalue weighted by atomic mass is 10.0. The molecule has 16 heavy (non-hydrogen) atoms. The Labute approximate surface area is 97.8 Å². The van der Waals surface area contributed by atoms with Gasteiger partial charge in [-0.15, -0.1) is 5.10 Å². The van der Waals surface area contributed by atoms with Crippen molar-refractivity contribution >= 4 is 11.8 Å². The molecule has 0 bridgehead atoms. The van der Waals surface area contributed by atoms with Gasteiger partial charge in [0.1, 0.15) is 5.54 Å². The molecular formula is C9H15N5OS. The SMILES string of the molecule is Cn1c(SCCCC(C)(N)C#N)n[nH]c1=O. The van der Waals surface area contributed by atoms with Crippen LogP contribution in [0.2, 0.25) is 0 Å². The monoisotopic (exact) mass is 241 g/mol. The second kappa shape index (κ2) is 5.18. The van der Waals surface area contributed by atoms with Crippen LogP contribution in [0, 0.1) is 11.3 Å². The van der Waals surface area contributed by atoms with Gasteiger partial charge in [0.15, 0.2) is 5.16 Å². The minimum atomic E-state index is -0.766. The van der Waals surface area contributed by atoms with Crippen LogP contribution in [0.1, 0.15) is 19.8 Å². The van der Waals surface area contributed by atoms with Crippen LogP contribution in [-0.2, 0) is 7.05 Å². The predicted octanol–water partition coefficient (Wildman–Crippen LogP) is 0.222. The van der Waals surface area contributed by atoms with Gasteiger partial charge < -0.3 is 5.73 Å². The number of aromatic nitrogens is 3. The Kier molecular flexibility index (Phi) is 4.15. The summed E-state index contributed by atoms with van der Waals surface area (Å²) in [5, 5.41) is 15.6. The highest BCUT2D eigenvalue weighted by atomic mass is 32.2. The van der Waals surface area contributed by atoms with Gasteiger partial charge >= 0.3 is 5.69 Å². The van der Waals surface area contributed by atoms with Gasteiger partial charge in [-0.1, -0.05) is 11.8 Å². The molecule has 0 aromatic carbocycles. The van der Waals surface area contributed by atoms with E-state index in [0.29, 0.717) is 11.6 Å². The van der Waals surface area contributed by atoms with Gasteiger partial charge in [0.2, 0.25) is 0 Å². The number of thioether (sulfide) groups is 1. The number of nitrogens with two attached hydrogens (primary N) is 1. The van der Waals surface area contributed by atoms with Crippen molar-refractivity contribution in [2.75, 3.05) is 5.75 Å². The first kappa shape index (κ1) is 12.8. The number of aromatic amines is 1. The van der Waals surface area contributed by atoms with Gasteiger partial charge in [-0.3, -0.25) is 4.57 Å². The molecule has 0 radical (unpaired) electrons. The fourth-order valence-electron chi connectivity index (χ4n) is 1.12. The van der Waals surface area contributed by atoms with E-state index >= 15 is 0 Å². The van der Waals surface area contributed by atoms with Crippen molar-refractivity contribution in [1.82, 2.24) is 14.8 Å². The Hall–Kier alpha value is -1.26. The zero-order valence-electron chi connectivity index (χ0n) is 9.36. The summed E-state index contributed by atoms with van der Waals surface area (Å²) >= 11 is 1.47. The smallest absolute Gasteiger partial charge is 0.314 e. The summed E-state index contributed by atoms with van der Waals surface area (Å²) in [6.45, 7) is 1.71. The zero-order chi connectivity index (χ0) is 12.2. The van der Waals surface area contributed by atoms with Crippen LogP contribution in [-0.4, -0.2) is 26.1 Å². The Bertz CT molecular complexity index is 441. The molecule has 1 unspecified atom stereocenters. The van der Waals surface area contributed by atoms with Crippen molar-refractivity contribution in [3.8, 4) is 6.07 Å². The van der Waals surface area contributed by atoms with Crippen molar-refractivity contribution in [1.29, 1.82) is 5.26 Å². The van der Waals surface area contributed by atoms with Gasteiger partial charge in [-0.25, -0.2) is 9.89 Å². The van der Waals surface area contributed by atoms with E-state index in [9.17, 15) is 4.79 Å². The number of hydrogen-bond donors (Lipinski definition) is 2. The van der Waals surface area contributed by atoms with Gasteiger partial charge in [-0.2, -0.15) is 5.26 Å². The molecule has 88 valence electrons. The van der Waals surface area contributed by atoms with Crippen LogP contribution in [0.5, 0.6) is 0 Å². The summed E-state index contributed by atoms with van der Waals surface area (Å²) in [5.74, 6) is 0.784. The van der Waals surface area contributed by atoms with E-state index < -0.39 is 5.54 Å². The molecule has 0 saturated carbocycles. The van der Waals surface area contributed by atoms with Crippen molar-refractivity contribution in [3.05, 3.63) is 10.5 Å². The van der Waals surface area contributed by atoms with Crippen molar-refractivity contribution in [3.63, 3.8) is 0 Å². The molecule has 0 spiro atoms. The topological polar surface area (TPSA) is 100 Å². The lowest BCUT2D eigenvalue weighted by Gasteiger charge is -2.13. The predicted molar refractivity (Wildman–Crippen MR) is 62.0 cm³/mol. The van der Waals surface area contributed by atoms with E-state index in [-0.39, 0.29) is 5.69 Å². The molecule has 0 fully saturated rings. The lowest BCUT2D eigenvalue weighted by Crippen LogP contribution is -2.33. The fourth-order valence-corrected chi connectivity index (χ4v) is 1.98. The third kappa shape index (κ3) is 3.40. The summed E-state index contributed by atoms with van der Waals surface area (Å²) in [6, 6.07) is 2.05. The Morgan fingerprint density at radius 3 is 2.94 bits per heavy atom. The van der Waals surface area contributed by atoms with E-state index in [4.69, 9.17) is 11.0 Å². The Morgan fingerprint density at radius 2 is 2.44 bits per heavy atom. The average Bonchev–Trinajstić information content (AvgIpc) is 2.56. The third-order valence-electron chi connectivity index (χ3n) is 2.17. The maximum Gasteiger partial charge on any atom is 0.343 e. The molecule has 1 aromatic heterocycles. The number of nitriles is 1. The summed E-state index contributed by atoms with van der Waals surface area (Å²) in [4.78, 5) is 11.0. The molecule has 1 heterocycles. The van der Waals surface area contributed by atoms with Gasteiger partial charge in [-0.05, 0) is 19.8 Å². The molecule has 0 saturated heterocycles. The highest BCUT2D eigenvalue weighted by molar-refractivity contribution is 7.99. The second-order valence-corrected chi connectivity index (χ2v) is 4.91. The van der Waals surface area contributed by atoms with Crippen LogP contribution in [0.15, 0.2) is 9.95 Å². The van der Waals surface area contributed by atoms with Crippen molar-refractivity contribution < 1.29 is 0 Å². The first-order chi connectivity index (χ1) is 7.46. The number of hydrogen-bond acceptors (Lipinski definition) is 5. The molecule has 6 nitrogen and oxygen atoms in total. The van der Waals surface area contributed by atoms with Crippen molar-refractivity contribution in [2.45, 2.75) is 30.5 Å². The zero-order valence-corrected chi connectivity index (χ0v) is 10.2. The molecule has 7 heteroatoms. The highest BCUT2D eigenvalue weighted by Crippen LogP contribution is 2.16. The van der Waals surface area contributed by atoms with Crippen LogP contribution in [0.3, 0.4) is 0 Å². The van der Waals surface area contributed by atoms with Crippen LogP contribution >= 0.6 is 11.8 Å².